The smallest absolute Gasteiger partial charge is 0.326 e. The maximum absolute atomic E-state index is 12.0. The van der Waals surface area contributed by atoms with Crippen LogP contribution in [0.2, 0.25) is 0 Å². The van der Waals surface area contributed by atoms with Crippen LogP contribution in [-0.4, -0.2) is 23.0 Å². The predicted molar refractivity (Wildman–Crippen MR) is 72.6 cm³/mol. The third-order valence-electron chi connectivity index (χ3n) is 2.66. The first kappa shape index (κ1) is 14.7. The molecule has 1 aromatic rings. The highest BCUT2D eigenvalue weighted by atomic mass is 79.9. The SMILES string of the molecule is Cc1cccc(C(=O)N[C@@H](C(=O)O)C(C)C)c1Br. The van der Waals surface area contributed by atoms with Crippen LogP contribution in [0, 0.1) is 12.8 Å². The van der Waals surface area contributed by atoms with Gasteiger partial charge in [0, 0.05) is 4.47 Å². The van der Waals surface area contributed by atoms with E-state index in [-0.39, 0.29) is 11.8 Å². The summed E-state index contributed by atoms with van der Waals surface area (Å²) in [6.07, 6.45) is 0. The fourth-order valence-electron chi connectivity index (χ4n) is 1.56. The van der Waals surface area contributed by atoms with Crippen LogP contribution in [0.4, 0.5) is 0 Å². The molecule has 0 bridgehead atoms. The Bertz CT molecular complexity index is 471. The molecule has 98 valence electrons. The van der Waals surface area contributed by atoms with Gasteiger partial charge >= 0.3 is 5.97 Å². The Balaban J connectivity index is 2.94. The highest BCUT2D eigenvalue weighted by Crippen LogP contribution is 2.21. The normalized spacial score (nSPS) is 12.3. The molecule has 0 heterocycles. The van der Waals surface area contributed by atoms with Crippen molar-refractivity contribution >= 4 is 27.8 Å². The molecule has 1 atom stereocenters. The number of benzene rings is 1. The van der Waals surface area contributed by atoms with Crippen LogP contribution in [0.1, 0.15) is 29.8 Å². The highest BCUT2D eigenvalue weighted by molar-refractivity contribution is 9.10. The van der Waals surface area contributed by atoms with Gasteiger partial charge in [-0.05, 0) is 40.4 Å². The summed E-state index contributed by atoms with van der Waals surface area (Å²) in [7, 11) is 0. The van der Waals surface area contributed by atoms with E-state index < -0.39 is 12.0 Å². The standard InChI is InChI=1S/C13H16BrNO3/c1-7(2)11(13(17)18)15-12(16)9-6-4-5-8(3)10(9)14/h4-7,11H,1-3H3,(H,15,16)(H,17,18)/t11-/m1/s1. The van der Waals surface area contributed by atoms with Gasteiger partial charge in [-0.2, -0.15) is 0 Å². The van der Waals surface area contributed by atoms with E-state index in [1.54, 1.807) is 26.0 Å². The van der Waals surface area contributed by atoms with Gasteiger partial charge in [0.05, 0.1) is 5.56 Å². The lowest BCUT2D eigenvalue weighted by Crippen LogP contribution is -2.44. The van der Waals surface area contributed by atoms with Crippen LogP contribution >= 0.6 is 15.9 Å². The third kappa shape index (κ3) is 3.32. The summed E-state index contributed by atoms with van der Waals surface area (Å²) in [4.78, 5) is 23.1. The fraction of sp³-hybridized carbons (Fsp3) is 0.385. The summed E-state index contributed by atoms with van der Waals surface area (Å²) in [6.45, 7) is 5.38. The minimum absolute atomic E-state index is 0.171. The zero-order valence-electron chi connectivity index (χ0n) is 10.5. The summed E-state index contributed by atoms with van der Waals surface area (Å²) in [6, 6.07) is 4.41. The van der Waals surface area contributed by atoms with Crippen LogP contribution in [0.3, 0.4) is 0 Å². The summed E-state index contributed by atoms with van der Waals surface area (Å²) in [5, 5.41) is 11.6. The van der Waals surface area contributed by atoms with Gasteiger partial charge < -0.3 is 10.4 Å². The number of nitrogens with one attached hydrogen (secondary N) is 1. The van der Waals surface area contributed by atoms with Crippen molar-refractivity contribution < 1.29 is 14.7 Å². The fourth-order valence-corrected chi connectivity index (χ4v) is 2.00. The van der Waals surface area contributed by atoms with Crippen LogP contribution < -0.4 is 5.32 Å². The molecule has 2 N–H and O–H groups in total. The van der Waals surface area contributed by atoms with Gasteiger partial charge in [0.25, 0.3) is 5.91 Å². The molecule has 1 aromatic carbocycles. The Morgan fingerprint density at radius 2 is 1.94 bits per heavy atom. The molecular weight excluding hydrogens is 298 g/mol. The van der Waals surface area contributed by atoms with Crippen molar-refractivity contribution in [3.05, 3.63) is 33.8 Å². The first-order chi connectivity index (χ1) is 8.34. The topological polar surface area (TPSA) is 66.4 Å². The van der Waals surface area contributed by atoms with Gasteiger partial charge in [-0.25, -0.2) is 4.79 Å². The second-order valence-corrected chi connectivity index (χ2v) is 5.26. The lowest BCUT2D eigenvalue weighted by Gasteiger charge is -2.18. The maximum atomic E-state index is 12.0. The molecule has 0 saturated heterocycles. The molecule has 1 rings (SSSR count). The Morgan fingerprint density at radius 1 is 1.33 bits per heavy atom. The number of carboxylic acid groups (broad SMARTS) is 1. The van der Waals surface area contributed by atoms with Gasteiger partial charge in [0.2, 0.25) is 0 Å². The number of amides is 1. The second kappa shape index (κ2) is 6.00. The Morgan fingerprint density at radius 3 is 2.44 bits per heavy atom. The summed E-state index contributed by atoms with van der Waals surface area (Å²) in [5.41, 5.74) is 1.38. The molecule has 0 aliphatic carbocycles. The van der Waals surface area contributed by atoms with Crippen molar-refractivity contribution in [3.8, 4) is 0 Å². The molecular formula is C13H16BrNO3. The molecule has 1 amide bonds. The molecule has 0 saturated carbocycles. The van der Waals surface area contributed by atoms with Gasteiger partial charge in [0.1, 0.15) is 6.04 Å². The average Bonchev–Trinajstić information content (AvgIpc) is 2.28. The molecule has 0 unspecified atom stereocenters. The third-order valence-corrected chi connectivity index (χ3v) is 3.71. The Hall–Kier alpha value is -1.36. The number of hydrogen-bond acceptors (Lipinski definition) is 2. The Kier molecular flexibility index (Phi) is 4.90. The van der Waals surface area contributed by atoms with E-state index in [1.165, 1.54) is 0 Å². The quantitative estimate of drug-likeness (QED) is 0.898. The van der Waals surface area contributed by atoms with Crippen molar-refractivity contribution in [2.45, 2.75) is 26.8 Å². The van der Waals surface area contributed by atoms with E-state index >= 15 is 0 Å². The van der Waals surface area contributed by atoms with Gasteiger partial charge in [0.15, 0.2) is 0 Å². The number of aryl methyl sites for hydroxylation is 1. The first-order valence-electron chi connectivity index (χ1n) is 5.63. The monoisotopic (exact) mass is 313 g/mol. The zero-order chi connectivity index (χ0) is 13.9. The van der Waals surface area contributed by atoms with Crippen LogP contribution in [0.25, 0.3) is 0 Å². The second-order valence-electron chi connectivity index (χ2n) is 4.47. The van der Waals surface area contributed by atoms with E-state index in [2.05, 4.69) is 21.2 Å². The number of carbonyl (C=O) groups excluding carboxylic acids is 1. The van der Waals surface area contributed by atoms with Crippen molar-refractivity contribution in [1.82, 2.24) is 5.32 Å². The number of carbonyl (C=O) groups is 2. The van der Waals surface area contributed by atoms with Crippen molar-refractivity contribution in [2.24, 2.45) is 5.92 Å². The number of halogens is 1. The van der Waals surface area contributed by atoms with E-state index in [4.69, 9.17) is 5.11 Å². The van der Waals surface area contributed by atoms with Crippen LogP contribution in [0.5, 0.6) is 0 Å². The number of hydrogen-bond donors (Lipinski definition) is 2. The molecule has 18 heavy (non-hydrogen) atoms. The zero-order valence-corrected chi connectivity index (χ0v) is 12.1. The Labute approximate surface area is 115 Å². The van der Waals surface area contributed by atoms with E-state index in [0.717, 1.165) is 5.56 Å². The minimum atomic E-state index is -1.03. The lowest BCUT2D eigenvalue weighted by molar-refractivity contribution is -0.140. The van der Waals surface area contributed by atoms with Gasteiger partial charge in [-0.1, -0.05) is 26.0 Å². The molecule has 0 aliphatic heterocycles. The number of carboxylic acids is 1. The first-order valence-corrected chi connectivity index (χ1v) is 6.42. The van der Waals surface area contributed by atoms with Crippen LogP contribution in [0.15, 0.2) is 22.7 Å². The number of aliphatic carboxylic acids is 1. The highest BCUT2D eigenvalue weighted by Gasteiger charge is 2.24. The van der Waals surface area contributed by atoms with E-state index in [1.807, 2.05) is 13.0 Å². The largest absolute Gasteiger partial charge is 0.480 e. The molecule has 0 aromatic heterocycles. The summed E-state index contributed by atoms with van der Waals surface area (Å²) in [5.74, 6) is -1.58. The number of rotatable bonds is 4. The van der Waals surface area contributed by atoms with Crippen molar-refractivity contribution in [2.75, 3.05) is 0 Å². The van der Waals surface area contributed by atoms with E-state index in [9.17, 15) is 9.59 Å². The molecule has 0 radical (unpaired) electrons. The molecule has 4 nitrogen and oxygen atoms in total. The van der Waals surface area contributed by atoms with Crippen molar-refractivity contribution in [1.29, 1.82) is 0 Å². The molecule has 0 aliphatic rings. The summed E-state index contributed by atoms with van der Waals surface area (Å²) < 4.78 is 0.690. The molecule has 0 fully saturated rings. The predicted octanol–water partition coefficient (Wildman–Crippen LogP) is 2.60. The van der Waals surface area contributed by atoms with Crippen LogP contribution in [-0.2, 0) is 4.79 Å². The maximum Gasteiger partial charge on any atom is 0.326 e. The molecule has 0 spiro atoms. The lowest BCUT2D eigenvalue weighted by atomic mass is 10.0. The van der Waals surface area contributed by atoms with Gasteiger partial charge in [-0.3, -0.25) is 4.79 Å². The average molecular weight is 314 g/mol. The van der Waals surface area contributed by atoms with Gasteiger partial charge in [-0.15, -0.1) is 0 Å². The minimum Gasteiger partial charge on any atom is -0.480 e. The summed E-state index contributed by atoms with van der Waals surface area (Å²) >= 11 is 3.34. The van der Waals surface area contributed by atoms with E-state index in [0.29, 0.717) is 10.0 Å². The van der Waals surface area contributed by atoms with Crippen molar-refractivity contribution in [3.63, 3.8) is 0 Å². The molecule has 5 heteroatoms.